The van der Waals surface area contributed by atoms with Crippen molar-refractivity contribution in [2.24, 2.45) is 0 Å². The Morgan fingerprint density at radius 3 is 2.94 bits per heavy atom. The second-order valence-corrected chi connectivity index (χ2v) is 4.15. The van der Waals surface area contributed by atoms with Crippen molar-refractivity contribution in [2.45, 2.75) is 19.9 Å². The van der Waals surface area contributed by atoms with E-state index in [9.17, 15) is 9.59 Å². The zero-order valence-corrected chi connectivity index (χ0v) is 9.93. The molecule has 1 aliphatic heterocycles. The lowest BCUT2D eigenvalue weighted by atomic mass is 10.1. The molecule has 5 nitrogen and oxygen atoms in total. The second-order valence-electron chi connectivity index (χ2n) is 4.15. The number of carbonyl (C=O) groups is 2. The fourth-order valence-electron chi connectivity index (χ4n) is 1.82. The number of hydrogen-bond donors (Lipinski definition) is 1. The van der Waals surface area contributed by atoms with E-state index in [0.717, 1.165) is 5.69 Å². The van der Waals surface area contributed by atoms with Crippen molar-refractivity contribution in [3.05, 3.63) is 29.6 Å². The second kappa shape index (κ2) is 4.53. The summed E-state index contributed by atoms with van der Waals surface area (Å²) in [4.78, 5) is 29.3. The highest BCUT2D eigenvalue weighted by Gasteiger charge is 2.29. The monoisotopic (exact) mass is 233 g/mol. The van der Waals surface area contributed by atoms with E-state index in [0.29, 0.717) is 18.7 Å². The number of amides is 2. The molecule has 1 unspecified atom stereocenters. The third-order valence-corrected chi connectivity index (χ3v) is 2.92. The van der Waals surface area contributed by atoms with Gasteiger partial charge in [-0.1, -0.05) is 0 Å². The fraction of sp³-hybridized carbons (Fsp3) is 0.417. The number of rotatable bonds is 1. The Balaban J connectivity index is 2.19. The van der Waals surface area contributed by atoms with Gasteiger partial charge in [-0.25, -0.2) is 0 Å². The molecule has 0 radical (unpaired) electrons. The van der Waals surface area contributed by atoms with E-state index in [4.69, 9.17) is 0 Å². The van der Waals surface area contributed by atoms with Crippen LogP contribution in [0.1, 0.15) is 23.0 Å². The number of hydrogen-bond acceptors (Lipinski definition) is 3. The SMILES string of the molecule is Cc1ccc(C(=O)N2CCNC(=O)C2C)cn1. The molecule has 1 fully saturated rings. The largest absolute Gasteiger partial charge is 0.353 e. The van der Waals surface area contributed by atoms with Gasteiger partial charge in [0.05, 0.1) is 5.56 Å². The Bertz CT molecular complexity index is 442. The first-order chi connectivity index (χ1) is 8.09. The molecule has 0 spiro atoms. The normalized spacial score (nSPS) is 20.0. The Kier molecular flexibility index (Phi) is 3.08. The standard InChI is InChI=1S/C12H15N3O2/c1-8-3-4-10(7-14-8)12(17)15-6-5-13-11(16)9(15)2/h3-4,7,9H,5-6H2,1-2H3,(H,13,16). The van der Waals surface area contributed by atoms with Crippen LogP contribution in [0.4, 0.5) is 0 Å². The van der Waals surface area contributed by atoms with Gasteiger partial charge in [-0.3, -0.25) is 14.6 Å². The van der Waals surface area contributed by atoms with Crippen molar-refractivity contribution in [3.8, 4) is 0 Å². The molecule has 2 heterocycles. The van der Waals surface area contributed by atoms with Crippen LogP contribution in [0.15, 0.2) is 18.3 Å². The summed E-state index contributed by atoms with van der Waals surface area (Å²) in [6, 6.07) is 3.11. The maximum Gasteiger partial charge on any atom is 0.256 e. The molecule has 2 rings (SSSR count). The Morgan fingerprint density at radius 2 is 2.29 bits per heavy atom. The van der Waals surface area contributed by atoms with Gasteiger partial charge in [-0.15, -0.1) is 0 Å². The van der Waals surface area contributed by atoms with Crippen molar-refractivity contribution in [1.82, 2.24) is 15.2 Å². The van der Waals surface area contributed by atoms with Gasteiger partial charge in [0.1, 0.15) is 6.04 Å². The van der Waals surface area contributed by atoms with Crippen LogP contribution in [0.2, 0.25) is 0 Å². The lowest BCUT2D eigenvalue weighted by Crippen LogP contribution is -2.55. The smallest absolute Gasteiger partial charge is 0.256 e. The zero-order valence-electron chi connectivity index (χ0n) is 9.93. The molecule has 0 aromatic carbocycles. The van der Waals surface area contributed by atoms with E-state index in [1.807, 2.05) is 6.92 Å². The fourth-order valence-corrected chi connectivity index (χ4v) is 1.82. The topological polar surface area (TPSA) is 62.3 Å². The summed E-state index contributed by atoms with van der Waals surface area (Å²) in [6.07, 6.45) is 1.55. The molecular weight excluding hydrogens is 218 g/mol. The third-order valence-electron chi connectivity index (χ3n) is 2.92. The minimum atomic E-state index is -0.419. The van der Waals surface area contributed by atoms with Crippen molar-refractivity contribution >= 4 is 11.8 Å². The number of nitrogens with one attached hydrogen (secondary N) is 1. The third kappa shape index (κ3) is 2.27. The molecule has 0 saturated carbocycles. The summed E-state index contributed by atoms with van der Waals surface area (Å²) in [5.41, 5.74) is 1.39. The van der Waals surface area contributed by atoms with Gasteiger partial charge < -0.3 is 10.2 Å². The molecular formula is C12H15N3O2. The lowest BCUT2D eigenvalue weighted by molar-refractivity contribution is -0.127. The minimum Gasteiger partial charge on any atom is -0.353 e. The van der Waals surface area contributed by atoms with Gasteiger partial charge in [0.2, 0.25) is 5.91 Å². The molecule has 2 amide bonds. The van der Waals surface area contributed by atoms with Crippen molar-refractivity contribution in [3.63, 3.8) is 0 Å². The van der Waals surface area contributed by atoms with Gasteiger partial charge in [0.15, 0.2) is 0 Å². The summed E-state index contributed by atoms with van der Waals surface area (Å²) in [5, 5.41) is 2.73. The lowest BCUT2D eigenvalue weighted by Gasteiger charge is -2.32. The molecule has 1 aliphatic rings. The summed E-state index contributed by atoms with van der Waals surface area (Å²) in [6.45, 7) is 4.65. The predicted molar refractivity (Wildman–Crippen MR) is 62.5 cm³/mol. The summed E-state index contributed by atoms with van der Waals surface area (Å²) >= 11 is 0. The van der Waals surface area contributed by atoms with Crippen LogP contribution >= 0.6 is 0 Å². The summed E-state index contributed by atoms with van der Waals surface area (Å²) < 4.78 is 0. The first-order valence-corrected chi connectivity index (χ1v) is 5.61. The van der Waals surface area contributed by atoms with E-state index in [-0.39, 0.29) is 11.8 Å². The van der Waals surface area contributed by atoms with Crippen LogP contribution in [-0.4, -0.2) is 40.8 Å². The van der Waals surface area contributed by atoms with E-state index in [2.05, 4.69) is 10.3 Å². The van der Waals surface area contributed by atoms with E-state index >= 15 is 0 Å². The summed E-state index contributed by atoms with van der Waals surface area (Å²) in [5.74, 6) is -0.246. The van der Waals surface area contributed by atoms with Crippen LogP contribution in [0, 0.1) is 6.92 Å². The molecule has 5 heteroatoms. The number of carbonyl (C=O) groups excluding carboxylic acids is 2. The number of aryl methyl sites for hydroxylation is 1. The molecule has 90 valence electrons. The Hall–Kier alpha value is -1.91. The average Bonchev–Trinajstić information content (AvgIpc) is 2.33. The number of aromatic nitrogens is 1. The molecule has 1 saturated heterocycles. The molecule has 1 atom stereocenters. The zero-order chi connectivity index (χ0) is 12.4. The van der Waals surface area contributed by atoms with Gasteiger partial charge in [-0.2, -0.15) is 0 Å². The Labute approximate surface area is 99.8 Å². The van der Waals surface area contributed by atoms with Crippen molar-refractivity contribution in [2.75, 3.05) is 13.1 Å². The van der Waals surface area contributed by atoms with E-state index < -0.39 is 6.04 Å². The molecule has 0 aliphatic carbocycles. The van der Waals surface area contributed by atoms with Crippen LogP contribution < -0.4 is 5.32 Å². The van der Waals surface area contributed by atoms with Crippen LogP contribution in [0.3, 0.4) is 0 Å². The van der Waals surface area contributed by atoms with Crippen LogP contribution in [0.5, 0.6) is 0 Å². The molecule has 17 heavy (non-hydrogen) atoms. The van der Waals surface area contributed by atoms with Gasteiger partial charge in [-0.05, 0) is 26.0 Å². The quantitative estimate of drug-likeness (QED) is 0.761. The molecule has 1 aromatic rings. The van der Waals surface area contributed by atoms with Crippen LogP contribution in [-0.2, 0) is 4.79 Å². The predicted octanol–water partition coefficient (Wildman–Crippen LogP) is 0.351. The highest BCUT2D eigenvalue weighted by Crippen LogP contribution is 2.10. The van der Waals surface area contributed by atoms with Gasteiger partial charge in [0, 0.05) is 25.0 Å². The van der Waals surface area contributed by atoms with Gasteiger partial charge in [0.25, 0.3) is 5.91 Å². The first-order valence-electron chi connectivity index (χ1n) is 5.61. The van der Waals surface area contributed by atoms with Crippen molar-refractivity contribution in [1.29, 1.82) is 0 Å². The summed E-state index contributed by atoms with van der Waals surface area (Å²) in [7, 11) is 0. The highest BCUT2D eigenvalue weighted by molar-refractivity contribution is 5.97. The minimum absolute atomic E-state index is 0.107. The number of nitrogens with zero attached hydrogens (tertiary/aromatic N) is 2. The maximum atomic E-state index is 12.2. The van der Waals surface area contributed by atoms with E-state index in [1.54, 1.807) is 30.2 Å². The number of piperazine rings is 1. The van der Waals surface area contributed by atoms with Gasteiger partial charge >= 0.3 is 0 Å². The molecule has 0 bridgehead atoms. The number of pyridine rings is 1. The first kappa shape index (κ1) is 11.6. The maximum absolute atomic E-state index is 12.2. The molecule has 1 aromatic heterocycles. The van der Waals surface area contributed by atoms with Crippen LogP contribution in [0.25, 0.3) is 0 Å². The van der Waals surface area contributed by atoms with E-state index in [1.165, 1.54) is 0 Å². The van der Waals surface area contributed by atoms with Crippen molar-refractivity contribution < 1.29 is 9.59 Å². The Morgan fingerprint density at radius 1 is 1.53 bits per heavy atom. The highest BCUT2D eigenvalue weighted by atomic mass is 16.2. The molecule has 1 N–H and O–H groups in total. The average molecular weight is 233 g/mol.